The predicted octanol–water partition coefficient (Wildman–Crippen LogP) is 2.53. The largest absolute Gasteiger partial charge is 0.492 e. The van der Waals surface area contributed by atoms with Gasteiger partial charge in [0.2, 0.25) is 0 Å². The van der Waals surface area contributed by atoms with Crippen LogP contribution in [0.2, 0.25) is 0 Å². The Morgan fingerprint density at radius 2 is 1.95 bits per heavy atom. The number of rotatable bonds is 5. The van der Waals surface area contributed by atoms with E-state index in [0.717, 1.165) is 0 Å². The highest BCUT2D eigenvalue weighted by molar-refractivity contribution is 5.95. The first-order valence-corrected chi connectivity index (χ1v) is 6.59. The molecule has 21 heavy (non-hydrogen) atoms. The van der Waals surface area contributed by atoms with Gasteiger partial charge < -0.3 is 15.8 Å². The highest BCUT2D eigenvalue weighted by atomic mass is 19.1. The van der Waals surface area contributed by atoms with Gasteiger partial charge in [0.25, 0.3) is 5.91 Å². The van der Waals surface area contributed by atoms with Crippen LogP contribution < -0.4 is 15.8 Å². The van der Waals surface area contributed by atoms with E-state index >= 15 is 0 Å². The fourth-order valence-corrected chi connectivity index (χ4v) is 1.87. The number of amides is 1. The average Bonchev–Trinajstić information content (AvgIpc) is 2.45. The molecule has 0 saturated carbocycles. The third-order valence-corrected chi connectivity index (χ3v) is 2.97. The molecule has 0 spiro atoms. The van der Waals surface area contributed by atoms with Gasteiger partial charge in [0.15, 0.2) is 0 Å². The van der Waals surface area contributed by atoms with E-state index in [1.807, 2.05) is 0 Å². The summed E-state index contributed by atoms with van der Waals surface area (Å²) in [6.07, 6.45) is 0. The molecule has 2 aromatic rings. The van der Waals surface area contributed by atoms with Gasteiger partial charge >= 0.3 is 0 Å². The van der Waals surface area contributed by atoms with Crippen molar-refractivity contribution >= 4 is 11.6 Å². The molecule has 0 aliphatic rings. The van der Waals surface area contributed by atoms with Gasteiger partial charge in [-0.05, 0) is 55.0 Å². The van der Waals surface area contributed by atoms with Crippen LogP contribution in [0.1, 0.15) is 15.9 Å². The summed E-state index contributed by atoms with van der Waals surface area (Å²) in [4.78, 5) is 11.9. The Hall–Kier alpha value is -2.56. The minimum Gasteiger partial charge on any atom is -0.492 e. The summed E-state index contributed by atoms with van der Waals surface area (Å²) in [5.74, 6) is 0.0977. The zero-order valence-electron chi connectivity index (χ0n) is 11.7. The first kappa shape index (κ1) is 14.8. The summed E-state index contributed by atoms with van der Waals surface area (Å²) in [7, 11) is 0. The molecule has 1 amide bonds. The highest BCUT2D eigenvalue weighted by Crippen LogP contribution is 2.13. The van der Waals surface area contributed by atoms with Crippen LogP contribution in [0.5, 0.6) is 5.75 Å². The fraction of sp³-hybridized carbons (Fsp3) is 0.188. The standard InChI is InChI=1S/C16H17FN2O2/c1-11-10-12(17)2-7-15(11)16(20)19-8-9-21-14-5-3-13(18)4-6-14/h2-7,10H,8-9,18H2,1H3,(H,19,20). The van der Waals surface area contributed by atoms with Gasteiger partial charge in [-0.25, -0.2) is 4.39 Å². The Bertz CT molecular complexity index is 627. The molecule has 2 rings (SSSR count). The molecule has 0 aliphatic heterocycles. The topological polar surface area (TPSA) is 64.3 Å². The molecule has 0 aliphatic carbocycles. The summed E-state index contributed by atoms with van der Waals surface area (Å²) in [5.41, 5.74) is 7.31. The molecule has 4 nitrogen and oxygen atoms in total. The number of halogens is 1. The van der Waals surface area contributed by atoms with E-state index < -0.39 is 0 Å². The number of benzene rings is 2. The molecule has 0 radical (unpaired) electrons. The van der Waals surface area contributed by atoms with Gasteiger partial charge in [-0.3, -0.25) is 4.79 Å². The molecule has 3 N–H and O–H groups in total. The Balaban J connectivity index is 1.80. The zero-order valence-corrected chi connectivity index (χ0v) is 11.7. The lowest BCUT2D eigenvalue weighted by atomic mass is 10.1. The molecule has 0 bridgehead atoms. The smallest absolute Gasteiger partial charge is 0.251 e. The van der Waals surface area contributed by atoms with Crippen LogP contribution in [0.4, 0.5) is 10.1 Å². The lowest BCUT2D eigenvalue weighted by Crippen LogP contribution is -2.28. The number of nitrogens with two attached hydrogens (primary N) is 1. The van der Waals surface area contributed by atoms with Gasteiger partial charge in [-0.1, -0.05) is 0 Å². The first-order chi connectivity index (χ1) is 10.1. The second-order valence-electron chi connectivity index (χ2n) is 4.63. The van der Waals surface area contributed by atoms with Crippen molar-refractivity contribution in [3.63, 3.8) is 0 Å². The number of carbonyl (C=O) groups excluding carboxylic acids is 1. The van der Waals surface area contributed by atoms with Gasteiger partial charge in [0.05, 0.1) is 6.54 Å². The Labute approximate surface area is 122 Å². The van der Waals surface area contributed by atoms with E-state index in [1.165, 1.54) is 18.2 Å². The van der Waals surface area contributed by atoms with Crippen LogP contribution in [-0.4, -0.2) is 19.1 Å². The second kappa shape index (κ2) is 6.74. The number of nitrogens with one attached hydrogen (secondary N) is 1. The molecule has 0 atom stereocenters. The zero-order chi connectivity index (χ0) is 15.2. The Morgan fingerprint density at radius 1 is 1.24 bits per heavy atom. The predicted molar refractivity (Wildman–Crippen MR) is 79.8 cm³/mol. The maximum absolute atomic E-state index is 13.0. The molecular weight excluding hydrogens is 271 g/mol. The van der Waals surface area contributed by atoms with Crippen molar-refractivity contribution in [3.8, 4) is 5.75 Å². The lowest BCUT2D eigenvalue weighted by Gasteiger charge is -2.09. The summed E-state index contributed by atoms with van der Waals surface area (Å²) >= 11 is 0. The van der Waals surface area contributed by atoms with Crippen molar-refractivity contribution in [1.29, 1.82) is 0 Å². The molecular formula is C16H17FN2O2. The van der Waals surface area contributed by atoms with E-state index in [9.17, 15) is 9.18 Å². The second-order valence-corrected chi connectivity index (χ2v) is 4.63. The lowest BCUT2D eigenvalue weighted by molar-refractivity contribution is 0.0946. The van der Waals surface area contributed by atoms with Crippen molar-refractivity contribution in [2.75, 3.05) is 18.9 Å². The monoisotopic (exact) mass is 288 g/mol. The normalized spacial score (nSPS) is 10.2. The quantitative estimate of drug-likeness (QED) is 0.656. The Morgan fingerprint density at radius 3 is 2.62 bits per heavy atom. The number of aryl methyl sites for hydroxylation is 1. The van der Waals surface area contributed by atoms with Crippen LogP contribution >= 0.6 is 0 Å². The number of hydrogen-bond acceptors (Lipinski definition) is 3. The fourth-order valence-electron chi connectivity index (χ4n) is 1.87. The van der Waals surface area contributed by atoms with Crippen LogP contribution in [-0.2, 0) is 0 Å². The van der Waals surface area contributed by atoms with E-state index in [2.05, 4.69) is 5.32 Å². The minimum atomic E-state index is -0.351. The molecule has 0 aromatic heterocycles. The van der Waals surface area contributed by atoms with E-state index in [0.29, 0.717) is 35.7 Å². The molecule has 0 saturated heterocycles. The van der Waals surface area contributed by atoms with Crippen LogP contribution in [0.15, 0.2) is 42.5 Å². The molecule has 0 fully saturated rings. The van der Waals surface area contributed by atoms with E-state index in [1.54, 1.807) is 31.2 Å². The third kappa shape index (κ3) is 4.21. The summed E-state index contributed by atoms with van der Waals surface area (Å²) in [6, 6.07) is 11.1. The van der Waals surface area contributed by atoms with Crippen molar-refractivity contribution in [2.45, 2.75) is 6.92 Å². The number of anilines is 1. The highest BCUT2D eigenvalue weighted by Gasteiger charge is 2.08. The van der Waals surface area contributed by atoms with Crippen LogP contribution in [0.3, 0.4) is 0 Å². The molecule has 2 aromatic carbocycles. The van der Waals surface area contributed by atoms with Crippen LogP contribution in [0, 0.1) is 12.7 Å². The number of ether oxygens (including phenoxy) is 1. The molecule has 0 unspecified atom stereocenters. The van der Waals surface area contributed by atoms with Crippen LogP contribution in [0.25, 0.3) is 0 Å². The number of nitrogen functional groups attached to an aromatic ring is 1. The SMILES string of the molecule is Cc1cc(F)ccc1C(=O)NCCOc1ccc(N)cc1. The van der Waals surface area contributed by atoms with Crippen molar-refractivity contribution in [2.24, 2.45) is 0 Å². The summed E-state index contributed by atoms with van der Waals surface area (Å²) in [6.45, 7) is 2.40. The summed E-state index contributed by atoms with van der Waals surface area (Å²) < 4.78 is 18.4. The summed E-state index contributed by atoms with van der Waals surface area (Å²) in [5, 5.41) is 2.73. The molecule has 110 valence electrons. The van der Waals surface area contributed by atoms with Gasteiger partial charge in [0.1, 0.15) is 18.2 Å². The maximum Gasteiger partial charge on any atom is 0.251 e. The third-order valence-electron chi connectivity index (χ3n) is 2.97. The van der Waals surface area contributed by atoms with Gasteiger partial charge in [-0.2, -0.15) is 0 Å². The van der Waals surface area contributed by atoms with E-state index in [4.69, 9.17) is 10.5 Å². The Kier molecular flexibility index (Phi) is 4.77. The van der Waals surface area contributed by atoms with Crippen molar-refractivity contribution in [1.82, 2.24) is 5.32 Å². The molecule has 0 heterocycles. The average molecular weight is 288 g/mol. The number of hydrogen-bond donors (Lipinski definition) is 2. The molecule has 5 heteroatoms. The van der Waals surface area contributed by atoms with Crippen molar-refractivity contribution in [3.05, 3.63) is 59.4 Å². The van der Waals surface area contributed by atoms with Gasteiger partial charge in [0, 0.05) is 11.3 Å². The van der Waals surface area contributed by atoms with E-state index in [-0.39, 0.29) is 11.7 Å². The van der Waals surface area contributed by atoms with Gasteiger partial charge in [-0.15, -0.1) is 0 Å². The minimum absolute atomic E-state index is 0.242. The van der Waals surface area contributed by atoms with Crippen molar-refractivity contribution < 1.29 is 13.9 Å². The maximum atomic E-state index is 13.0. The first-order valence-electron chi connectivity index (χ1n) is 6.59. The number of carbonyl (C=O) groups is 1.